The molecule has 2 N–H and O–H groups in total. The molecule has 0 bridgehead atoms. The first-order valence-electron chi connectivity index (χ1n) is 10.8. The first kappa shape index (κ1) is 20.4. The largest absolute Gasteiger partial charge is 0.611 e. The number of aromatic nitrogens is 2. The Morgan fingerprint density at radius 2 is 2.00 bits per heavy atom. The van der Waals surface area contributed by atoms with Crippen LogP contribution in [-0.2, 0) is 17.6 Å². The lowest BCUT2D eigenvalue weighted by Crippen LogP contribution is -2.39. The van der Waals surface area contributed by atoms with E-state index in [2.05, 4.69) is 16.1 Å². The third-order valence-electron chi connectivity index (χ3n) is 6.26. The fourth-order valence-electron chi connectivity index (χ4n) is 4.13. The van der Waals surface area contributed by atoms with E-state index in [4.69, 9.17) is 21.1 Å². The lowest BCUT2D eigenvalue weighted by Gasteiger charge is -2.32. The fourth-order valence-corrected chi connectivity index (χ4v) is 5.44. The monoisotopic (exact) mass is 438 g/mol. The number of rotatable bonds is 6. The average molecular weight is 439 g/mol. The summed E-state index contributed by atoms with van der Waals surface area (Å²) < 4.78 is 18.6. The molecule has 31 heavy (non-hydrogen) atoms. The van der Waals surface area contributed by atoms with Crippen molar-refractivity contribution in [1.82, 2.24) is 9.97 Å². The average Bonchev–Trinajstić information content (AvgIpc) is 3.48. The summed E-state index contributed by atoms with van der Waals surface area (Å²) in [5, 5.41) is 13.1. The number of aryl methyl sites for hydroxylation is 1. The second-order valence-electron chi connectivity index (χ2n) is 8.48. The number of nitrogens with zero attached hydrogens (tertiary/aromatic N) is 3. The second-order valence-corrected chi connectivity index (χ2v) is 9.99. The maximum absolute atomic E-state index is 12.5. The Hall–Kier alpha value is -2.47. The van der Waals surface area contributed by atoms with Gasteiger partial charge in [0.05, 0.1) is 12.1 Å². The van der Waals surface area contributed by atoms with Gasteiger partial charge in [-0.1, -0.05) is 5.92 Å². The van der Waals surface area contributed by atoms with Crippen LogP contribution in [0.1, 0.15) is 36.9 Å². The molecule has 0 spiro atoms. The minimum Gasteiger partial charge on any atom is -0.611 e. The van der Waals surface area contributed by atoms with E-state index in [0.717, 1.165) is 60.7 Å². The van der Waals surface area contributed by atoms with E-state index in [1.165, 1.54) is 0 Å². The van der Waals surface area contributed by atoms with E-state index >= 15 is 0 Å². The normalized spacial score (nSPS) is 22.0. The van der Waals surface area contributed by atoms with Crippen LogP contribution in [0.25, 0.3) is 0 Å². The van der Waals surface area contributed by atoms with Crippen molar-refractivity contribution in [2.24, 2.45) is 0 Å². The maximum Gasteiger partial charge on any atom is 0.227 e. The topological polar surface area (TPSA) is 93.6 Å². The van der Waals surface area contributed by atoms with E-state index in [9.17, 15) is 9.66 Å². The third kappa shape index (κ3) is 4.18. The smallest absolute Gasteiger partial charge is 0.227 e. The number of hydrogen-bond donors (Lipinski definition) is 2. The minimum absolute atomic E-state index is 0.0544. The molecule has 2 fully saturated rings. The second kappa shape index (κ2) is 8.23. The highest BCUT2D eigenvalue weighted by molar-refractivity contribution is 7.91. The first-order chi connectivity index (χ1) is 15.1. The Balaban J connectivity index is 1.28. The lowest BCUT2D eigenvalue weighted by molar-refractivity contribution is 0.170. The van der Waals surface area contributed by atoms with Gasteiger partial charge < -0.3 is 24.6 Å². The number of terminal acetylenes is 1. The summed E-state index contributed by atoms with van der Waals surface area (Å²) in [5.41, 5.74) is 1.39. The van der Waals surface area contributed by atoms with Crippen LogP contribution >= 0.6 is 0 Å². The van der Waals surface area contributed by atoms with E-state index in [-0.39, 0.29) is 18.2 Å². The number of piperidine rings is 1. The van der Waals surface area contributed by atoms with Crippen molar-refractivity contribution in [3.05, 3.63) is 35.5 Å². The Morgan fingerprint density at radius 3 is 2.65 bits per heavy atom. The van der Waals surface area contributed by atoms with Crippen molar-refractivity contribution in [2.45, 2.75) is 48.6 Å². The molecule has 1 saturated heterocycles. The fraction of sp³-hybridized carbons (Fsp3) is 0.478. The summed E-state index contributed by atoms with van der Waals surface area (Å²) in [6, 6.07) is 7.61. The number of aliphatic hydroxyl groups is 1. The predicted octanol–water partition coefficient (Wildman–Crippen LogP) is 2.11. The van der Waals surface area contributed by atoms with Gasteiger partial charge in [-0.15, -0.1) is 6.42 Å². The van der Waals surface area contributed by atoms with Crippen molar-refractivity contribution in [3.63, 3.8) is 0 Å². The van der Waals surface area contributed by atoms with Gasteiger partial charge in [-0.05, 0) is 48.3 Å². The molecule has 0 amide bonds. The summed E-state index contributed by atoms with van der Waals surface area (Å²) in [7, 11) is 0. The molecule has 8 heteroatoms. The zero-order valence-electron chi connectivity index (χ0n) is 17.3. The molecule has 3 aliphatic rings. The zero-order valence-corrected chi connectivity index (χ0v) is 18.2. The summed E-state index contributed by atoms with van der Waals surface area (Å²) in [5.74, 6) is 5.34. The van der Waals surface area contributed by atoms with Crippen molar-refractivity contribution in [1.29, 1.82) is 0 Å². The van der Waals surface area contributed by atoms with Gasteiger partial charge in [-0.3, -0.25) is 0 Å². The number of ether oxygens (including phenoxy) is 1. The number of anilines is 2. The van der Waals surface area contributed by atoms with Crippen LogP contribution in [0.15, 0.2) is 29.2 Å². The SMILES string of the molecule is C#Cc1ccc(OC2CCN(c3nc4c(c(NC5(CO)CC5)n3)[S+]([O-])CC4)CC2)cc1. The van der Waals surface area contributed by atoms with Crippen LogP contribution in [0, 0.1) is 12.3 Å². The molecule has 1 aliphatic carbocycles. The van der Waals surface area contributed by atoms with Crippen LogP contribution in [0.3, 0.4) is 0 Å². The van der Waals surface area contributed by atoms with Gasteiger partial charge in [0, 0.05) is 37.9 Å². The summed E-state index contributed by atoms with van der Waals surface area (Å²) in [6.07, 6.45) is 9.78. The van der Waals surface area contributed by atoms with Crippen molar-refractivity contribution < 1.29 is 14.4 Å². The van der Waals surface area contributed by atoms with E-state index in [0.29, 0.717) is 23.9 Å². The number of benzene rings is 1. The van der Waals surface area contributed by atoms with Crippen molar-refractivity contribution in [3.8, 4) is 18.1 Å². The molecule has 2 aliphatic heterocycles. The van der Waals surface area contributed by atoms with Crippen LogP contribution < -0.4 is 15.0 Å². The molecule has 162 valence electrons. The van der Waals surface area contributed by atoms with Crippen molar-refractivity contribution in [2.75, 3.05) is 35.7 Å². The molecule has 7 nitrogen and oxygen atoms in total. The number of fused-ring (bicyclic) bond motifs is 1. The first-order valence-corrected chi connectivity index (χ1v) is 12.1. The van der Waals surface area contributed by atoms with E-state index < -0.39 is 11.2 Å². The highest BCUT2D eigenvalue weighted by Crippen LogP contribution is 2.41. The highest BCUT2D eigenvalue weighted by atomic mass is 32.2. The van der Waals surface area contributed by atoms with Crippen LogP contribution in [0.5, 0.6) is 5.75 Å². The molecular weight excluding hydrogens is 412 g/mol. The van der Waals surface area contributed by atoms with Gasteiger partial charge in [-0.2, -0.15) is 4.98 Å². The van der Waals surface area contributed by atoms with Gasteiger partial charge in [0.15, 0.2) is 5.82 Å². The Morgan fingerprint density at radius 1 is 1.26 bits per heavy atom. The van der Waals surface area contributed by atoms with Gasteiger partial charge >= 0.3 is 0 Å². The molecule has 3 heterocycles. The number of aliphatic hydroxyl groups excluding tert-OH is 1. The molecule has 1 saturated carbocycles. The Kier molecular flexibility index (Phi) is 5.42. The molecule has 1 aromatic heterocycles. The Bertz CT molecular complexity index is 995. The summed E-state index contributed by atoms with van der Waals surface area (Å²) in [6.45, 7) is 1.64. The molecule has 5 rings (SSSR count). The quantitative estimate of drug-likeness (QED) is 0.527. The standard InChI is InChI=1S/C23H26N4O3S/c1-2-16-3-5-17(6-4-16)30-18-7-12-27(13-8-18)22-24-19-9-14-31(29)20(19)21(25-22)26-23(15-28)10-11-23/h1,3-6,18,28H,7-15H2,(H,24,25,26). The number of nitrogens with one attached hydrogen (secondary N) is 1. The maximum atomic E-state index is 12.5. The predicted molar refractivity (Wildman–Crippen MR) is 120 cm³/mol. The third-order valence-corrected chi connectivity index (χ3v) is 7.72. The van der Waals surface area contributed by atoms with Gasteiger partial charge in [0.25, 0.3) is 0 Å². The molecular formula is C23H26N4O3S. The van der Waals surface area contributed by atoms with Crippen LogP contribution in [-0.4, -0.2) is 56.7 Å². The molecule has 1 unspecified atom stereocenters. The highest BCUT2D eigenvalue weighted by Gasteiger charge is 2.45. The minimum atomic E-state index is -1.08. The molecule has 0 radical (unpaired) electrons. The van der Waals surface area contributed by atoms with E-state index in [1.54, 1.807) is 0 Å². The summed E-state index contributed by atoms with van der Waals surface area (Å²) in [4.78, 5) is 12.4. The van der Waals surface area contributed by atoms with Gasteiger partial charge in [0.1, 0.15) is 23.3 Å². The van der Waals surface area contributed by atoms with Gasteiger partial charge in [0.2, 0.25) is 10.8 Å². The van der Waals surface area contributed by atoms with Crippen LogP contribution in [0.2, 0.25) is 0 Å². The molecule has 1 atom stereocenters. The van der Waals surface area contributed by atoms with Crippen molar-refractivity contribution >= 4 is 22.9 Å². The zero-order chi connectivity index (χ0) is 21.4. The molecule has 2 aromatic rings. The number of hydrogen-bond acceptors (Lipinski definition) is 7. The van der Waals surface area contributed by atoms with Crippen LogP contribution in [0.4, 0.5) is 11.8 Å². The summed E-state index contributed by atoms with van der Waals surface area (Å²) >= 11 is -1.08. The van der Waals surface area contributed by atoms with E-state index in [1.807, 2.05) is 24.3 Å². The molecule has 1 aromatic carbocycles. The lowest BCUT2D eigenvalue weighted by atomic mass is 10.1. The Labute approximate surface area is 185 Å². The van der Waals surface area contributed by atoms with Gasteiger partial charge in [-0.25, -0.2) is 4.98 Å².